The Bertz CT molecular complexity index is 1010. The van der Waals surface area contributed by atoms with E-state index < -0.39 is 17.6 Å². The zero-order chi connectivity index (χ0) is 19.6. The van der Waals surface area contributed by atoms with Crippen LogP contribution in [0.25, 0.3) is 0 Å². The predicted octanol–water partition coefficient (Wildman–Crippen LogP) is 2.89. The third kappa shape index (κ3) is 4.11. The van der Waals surface area contributed by atoms with Gasteiger partial charge in [0.15, 0.2) is 10.9 Å². The van der Waals surface area contributed by atoms with Crippen LogP contribution in [0.15, 0.2) is 30.6 Å². The number of aryl methyl sites for hydroxylation is 2. The molecule has 4 N–H and O–H groups in total. The Morgan fingerprint density at radius 2 is 2.07 bits per heavy atom. The fraction of sp³-hybridized carbons (Fsp3) is 0.176. The maximum Gasteiger partial charge on any atom is 0.267 e. The molecule has 10 heteroatoms. The second kappa shape index (κ2) is 7.54. The Kier molecular flexibility index (Phi) is 5.17. The minimum atomic E-state index is -0.694. The van der Waals surface area contributed by atoms with Gasteiger partial charge in [0, 0.05) is 24.5 Å². The normalized spacial score (nSPS) is 10.6. The van der Waals surface area contributed by atoms with Gasteiger partial charge in [0.05, 0.1) is 11.8 Å². The SMILES string of the molecule is CCn1ccc(NC(=O)c2cc(NC(=O)c3cnc(N)s3)c(C)cc2F)n1. The van der Waals surface area contributed by atoms with Crippen molar-refractivity contribution in [3.8, 4) is 0 Å². The highest BCUT2D eigenvalue weighted by atomic mass is 32.1. The van der Waals surface area contributed by atoms with Crippen LogP contribution in [-0.2, 0) is 6.54 Å². The van der Waals surface area contributed by atoms with E-state index in [2.05, 4.69) is 20.7 Å². The Hall–Kier alpha value is -3.27. The highest BCUT2D eigenvalue weighted by Crippen LogP contribution is 2.23. The van der Waals surface area contributed by atoms with Crippen LogP contribution in [0.3, 0.4) is 0 Å². The van der Waals surface area contributed by atoms with Crippen LogP contribution < -0.4 is 16.4 Å². The summed E-state index contributed by atoms with van der Waals surface area (Å²) in [5, 5.41) is 9.59. The number of amides is 2. The van der Waals surface area contributed by atoms with Crippen molar-refractivity contribution >= 4 is 39.8 Å². The summed E-state index contributed by atoms with van der Waals surface area (Å²) in [5.74, 6) is -1.48. The van der Waals surface area contributed by atoms with Crippen LogP contribution in [0.4, 0.5) is 21.0 Å². The summed E-state index contributed by atoms with van der Waals surface area (Å²) in [7, 11) is 0. The molecule has 0 spiro atoms. The van der Waals surface area contributed by atoms with Crippen LogP contribution in [0, 0.1) is 12.7 Å². The molecular weight excluding hydrogens is 371 g/mol. The molecule has 0 aliphatic heterocycles. The summed E-state index contributed by atoms with van der Waals surface area (Å²) in [6.45, 7) is 4.18. The van der Waals surface area contributed by atoms with Gasteiger partial charge in [-0.3, -0.25) is 14.3 Å². The van der Waals surface area contributed by atoms with Crippen molar-refractivity contribution in [2.75, 3.05) is 16.4 Å². The van der Waals surface area contributed by atoms with Gasteiger partial charge >= 0.3 is 0 Å². The molecular formula is C17H17FN6O2S. The Balaban J connectivity index is 1.82. The lowest BCUT2D eigenvalue weighted by Gasteiger charge is -2.11. The first-order chi connectivity index (χ1) is 12.9. The molecule has 140 valence electrons. The number of carbonyl (C=O) groups is 2. The summed E-state index contributed by atoms with van der Waals surface area (Å²) in [5.41, 5.74) is 6.12. The van der Waals surface area contributed by atoms with Gasteiger partial charge in [-0.15, -0.1) is 0 Å². The van der Waals surface area contributed by atoms with Crippen molar-refractivity contribution in [3.05, 3.63) is 52.4 Å². The lowest BCUT2D eigenvalue weighted by Crippen LogP contribution is -2.17. The van der Waals surface area contributed by atoms with Gasteiger partial charge < -0.3 is 16.4 Å². The monoisotopic (exact) mass is 388 g/mol. The third-order valence-electron chi connectivity index (χ3n) is 3.76. The van der Waals surface area contributed by atoms with E-state index in [0.717, 1.165) is 11.3 Å². The Labute approximate surface area is 158 Å². The molecule has 0 unspecified atom stereocenters. The van der Waals surface area contributed by atoms with E-state index in [4.69, 9.17) is 5.73 Å². The van der Waals surface area contributed by atoms with E-state index in [1.165, 1.54) is 18.3 Å². The number of hydrogen-bond acceptors (Lipinski definition) is 6. The number of nitrogens with one attached hydrogen (secondary N) is 2. The first-order valence-corrected chi connectivity index (χ1v) is 8.86. The largest absolute Gasteiger partial charge is 0.375 e. The lowest BCUT2D eigenvalue weighted by atomic mass is 10.1. The number of benzene rings is 1. The third-order valence-corrected chi connectivity index (χ3v) is 4.59. The van der Waals surface area contributed by atoms with Crippen molar-refractivity contribution < 1.29 is 14.0 Å². The van der Waals surface area contributed by atoms with Gasteiger partial charge in [-0.05, 0) is 31.5 Å². The molecule has 2 heterocycles. The summed E-state index contributed by atoms with van der Waals surface area (Å²) >= 11 is 1.03. The average Bonchev–Trinajstić information content (AvgIpc) is 3.25. The number of aromatic nitrogens is 3. The quantitative estimate of drug-likeness (QED) is 0.622. The molecule has 8 nitrogen and oxygen atoms in total. The number of anilines is 3. The highest BCUT2D eigenvalue weighted by molar-refractivity contribution is 7.17. The first kappa shape index (κ1) is 18.5. The van der Waals surface area contributed by atoms with Crippen LogP contribution in [0.1, 0.15) is 32.5 Å². The van der Waals surface area contributed by atoms with E-state index in [-0.39, 0.29) is 10.7 Å². The topological polar surface area (TPSA) is 115 Å². The number of nitrogen functional groups attached to an aromatic ring is 1. The number of thiazole rings is 1. The number of nitrogens with two attached hydrogens (primary N) is 1. The lowest BCUT2D eigenvalue weighted by molar-refractivity contribution is 0.101. The van der Waals surface area contributed by atoms with Gasteiger partial charge in [0.2, 0.25) is 0 Å². The van der Waals surface area contributed by atoms with E-state index >= 15 is 0 Å². The molecule has 2 aromatic heterocycles. The van der Waals surface area contributed by atoms with Gasteiger partial charge in [-0.25, -0.2) is 9.37 Å². The zero-order valence-corrected chi connectivity index (χ0v) is 15.4. The molecule has 0 saturated heterocycles. The van der Waals surface area contributed by atoms with E-state index in [9.17, 15) is 14.0 Å². The summed E-state index contributed by atoms with van der Waals surface area (Å²) in [4.78, 5) is 28.8. The molecule has 0 fully saturated rings. The molecule has 27 heavy (non-hydrogen) atoms. The molecule has 2 amide bonds. The predicted molar refractivity (Wildman–Crippen MR) is 101 cm³/mol. The van der Waals surface area contributed by atoms with Crippen LogP contribution in [0.2, 0.25) is 0 Å². The number of hydrogen-bond donors (Lipinski definition) is 3. The molecule has 0 saturated carbocycles. The molecule has 0 bridgehead atoms. The van der Waals surface area contributed by atoms with Crippen molar-refractivity contribution in [2.24, 2.45) is 0 Å². The summed E-state index contributed by atoms with van der Waals surface area (Å²) in [6.07, 6.45) is 3.05. The zero-order valence-electron chi connectivity index (χ0n) is 14.6. The second-order valence-corrected chi connectivity index (χ2v) is 6.74. The van der Waals surface area contributed by atoms with Crippen molar-refractivity contribution in [1.82, 2.24) is 14.8 Å². The van der Waals surface area contributed by atoms with Crippen LogP contribution in [0.5, 0.6) is 0 Å². The number of halogens is 1. The molecule has 0 atom stereocenters. The van der Waals surface area contributed by atoms with Gasteiger partial charge in [-0.1, -0.05) is 11.3 Å². The summed E-state index contributed by atoms with van der Waals surface area (Å²) < 4.78 is 15.9. The smallest absolute Gasteiger partial charge is 0.267 e. The van der Waals surface area contributed by atoms with Crippen molar-refractivity contribution in [3.63, 3.8) is 0 Å². The minimum Gasteiger partial charge on any atom is -0.375 e. The van der Waals surface area contributed by atoms with E-state index in [1.54, 1.807) is 23.9 Å². The molecule has 0 radical (unpaired) electrons. The maximum atomic E-state index is 14.3. The van der Waals surface area contributed by atoms with E-state index in [0.29, 0.717) is 28.5 Å². The fourth-order valence-electron chi connectivity index (χ4n) is 2.35. The molecule has 3 rings (SSSR count). The van der Waals surface area contributed by atoms with Gasteiger partial charge in [-0.2, -0.15) is 5.10 Å². The van der Waals surface area contributed by atoms with E-state index in [1.807, 2.05) is 6.92 Å². The number of carbonyl (C=O) groups excluding carboxylic acids is 2. The van der Waals surface area contributed by atoms with Crippen LogP contribution >= 0.6 is 11.3 Å². The Morgan fingerprint density at radius 3 is 2.70 bits per heavy atom. The standard InChI is InChI=1S/C17H17FN6O2S/c1-3-24-5-4-14(23-24)22-15(25)10-7-12(9(2)6-11(10)18)21-16(26)13-8-20-17(19)27-13/h4-8H,3H2,1-2H3,(H2,19,20)(H,21,26)(H,22,23,25). The van der Waals surface area contributed by atoms with Crippen molar-refractivity contribution in [2.45, 2.75) is 20.4 Å². The van der Waals surface area contributed by atoms with Crippen LogP contribution in [-0.4, -0.2) is 26.6 Å². The number of rotatable bonds is 5. The Morgan fingerprint density at radius 1 is 1.30 bits per heavy atom. The van der Waals surface area contributed by atoms with Gasteiger partial charge in [0.1, 0.15) is 10.7 Å². The second-order valence-electron chi connectivity index (χ2n) is 5.67. The number of nitrogens with zero attached hydrogens (tertiary/aromatic N) is 3. The highest BCUT2D eigenvalue weighted by Gasteiger charge is 2.18. The average molecular weight is 388 g/mol. The summed E-state index contributed by atoms with van der Waals surface area (Å²) in [6, 6.07) is 4.10. The maximum absolute atomic E-state index is 14.3. The molecule has 3 aromatic rings. The molecule has 0 aliphatic carbocycles. The van der Waals surface area contributed by atoms with Gasteiger partial charge in [0.25, 0.3) is 11.8 Å². The van der Waals surface area contributed by atoms with Crippen molar-refractivity contribution in [1.29, 1.82) is 0 Å². The minimum absolute atomic E-state index is 0.203. The molecule has 1 aromatic carbocycles. The molecule has 0 aliphatic rings. The fourth-order valence-corrected chi connectivity index (χ4v) is 2.93. The first-order valence-electron chi connectivity index (χ1n) is 8.05.